The fraction of sp³-hybridized carbons (Fsp3) is 0.111. The Morgan fingerprint density at radius 1 is 1.18 bits per heavy atom. The van der Waals surface area contributed by atoms with Crippen LogP contribution in [-0.2, 0) is 17.1 Å². The first kappa shape index (κ1) is 8.38. The normalized spacial score (nSPS) is 12.7. The average Bonchev–Trinajstić information content (AvgIpc) is 2.05. The van der Waals surface area contributed by atoms with Crippen LogP contribution in [0.3, 0.4) is 0 Å². The minimum atomic E-state index is 0. The molecule has 11 heavy (non-hydrogen) atoms. The van der Waals surface area contributed by atoms with Gasteiger partial charge in [0.1, 0.15) is 12.4 Å². The Morgan fingerprint density at radius 3 is 2.82 bits per heavy atom. The topological polar surface area (TPSA) is 9.23 Å². The van der Waals surface area contributed by atoms with Crippen molar-refractivity contribution in [1.82, 2.24) is 0 Å². The number of ether oxygens (including phenoxy) is 1. The van der Waals surface area contributed by atoms with Crippen LogP contribution in [0.1, 0.15) is 5.56 Å². The standard InChI is InChI=1S/C9H8O.Mn/c1-2-6-9-8(4-1)5-3-7-10-9;/h1-6H,7H2;. The second kappa shape index (κ2) is 3.61. The van der Waals surface area contributed by atoms with Crippen molar-refractivity contribution in [2.24, 2.45) is 0 Å². The molecule has 0 saturated heterocycles. The predicted molar refractivity (Wildman–Crippen MR) is 41.0 cm³/mol. The third kappa shape index (κ3) is 1.65. The number of rotatable bonds is 0. The maximum atomic E-state index is 5.34. The van der Waals surface area contributed by atoms with Gasteiger partial charge < -0.3 is 4.74 Å². The van der Waals surface area contributed by atoms with Crippen molar-refractivity contribution in [2.45, 2.75) is 0 Å². The van der Waals surface area contributed by atoms with Gasteiger partial charge in [0.25, 0.3) is 0 Å². The van der Waals surface area contributed by atoms with Crippen molar-refractivity contribution in [1.29, 1.82) is 0 Å². The van der Waals surface area contributed by atoms with Crippen molar-refractivity contribution in [3.63, 3.8) is 0 Å². The Labute approximate surface area is 76.5 Å². The second-order valence-corrected chi connectivity index (χ2v) is 2.25. The molecule has 1 aliphatic heterocycles. The number of fused-ring (bicyclic) bond motifs is 1. The van der Waals surface area contributed by atoms with Gasteiger partial charge in [-0.05, 0) is 12.1 Å². The zero-order valence-corrected chi connectivity index (χ0v) is 7.14. The SMILES string of the molecule is C1=Cc2ccccc2OC1.[Mn]. The second-order valence-electron chi connectivity index (χ2n) is 2.25. The summed E-state index contributed by atoms with van der Waals surface area (Å²) in [5, 5.41) is 0. The molecule has 0 fully saturated rings. The molecule has 0 spiro atoms. The molecular weight excluding hydrogens is 179 g/mol. The van der Waals surface area contributed by atoms with Gasteiger partial charge in [0, 0.05) is 22.6 Å². The van der Waals surface area contributed by atoms with E-state index in [-0.39, 0.29) is 17.1 Å². The number of hydrogen-bond donors (Lipinski definition) is 0. The van der Waals surface area contributed by atoms with Crippen molar-refractivity contribution in [3.05, 3.63) is 35.9 Å². The van der Waals surface area contributed by atoms with Gasteiger partial charge in [0.2, 0.25) is 0 Å². The Hall–Kier alpha value is -0.721. The van der Waals surface area contributed by atoms with E-state index in [1.165, 1.54) is 5.56 Å². The molecule has 1 nitrogen and oxygen atoms in total. The van der Waals surface area contributed by atoms with Crippen molar-refractivity contribution >= 4 is 6.08 Å². The van der Waals surface area contributed by atoms with Gasteiger partial charge >= 0.3 is 0 Å². The minimum Gasteiger partial charge on any atom is -0.489 e. The molecular formula is C9H8MnO. The molecule has 57 valence electrons. The zero-order valence-electron chi connectivity index (χ0n) is 5.96. The smallest absolute Gasteiger partial charge is 0.126 e. The Kier molecular flexibility index (Phi) is 2.75. The van der Waals surface area contributed by atoms with E-state index in [1.807, 2.05) is 30.3 Å². The summed E-state index contributed by atoms with van der Waals surface area (Å²) in [6, 6.07) is 8.03. The third-order valence-corrected chi connectivity index (χ3v) is 1.55. The van der Waals surface area contributed by atoms with Gasteiger partial charge in [-0.15, -0.1) is 0 Å². The quantitative estimate of drug-likeness (QED) is 0.565. The van der Waals surface area contributed by atoms with E-state index < -0.39 is 0 Å². The summed E-state index contributed by atoms with van der Waals surface area (Å²) < 4.78 is 5.34. The molecule has 1 radical (unpaired) electrons. The summed E-state index contributed by atoms with van der Waals surface area (Å²) in [4.78, 5) is 0. The van der Waals surface area contributed by atoms with E-state index in [2.05, 4.69) is 6.08 Å². The molecule has 1 heterocycles. The van der Waals surface area contributed by atoms with Gasteiger partial charge in [0.05, 0.1) is 0 Å². The molecule has 2 heteroatoms. The number of para-hydroxylation sites is 1. The Morgan fingerprint density at radius 2 is 2.00 bits per heavy atom. The molecule has 1 aromatic rings. The van der Waals surface area contributed by atoms with Crippen LogP contribution in [0.25, 0.3) is 6.08 Å². The average molecular weight is 187 g/mol. The van der Waals surface area contributed by atoms with E-state index in [9.17, 15) is 0 Å². The summed E-state index contributed by atoms with van der Waals surface area (Å²) in [6.07, 6.45) is 4.10. The van der Waals surface area contributed by atoms with E-state index in [0.29, 0.717) is 6.61 Å². The Bertz CT molecular complexity index is 268. The van der Waals surface area contributed by atoms with Crippen LogP contribution in [0.5, 0.6) is 5.75 Å². The predicted octanol–water partition coefficient (Wildman–Crippen LogP) is 2.09. The van der Waals surface area contributed by atoms with E-state index in [1.54, 1.807) is 0 Å². The molecule has 0 bridgehead atoms. The molecule has 0 amide bonds. The van der Waals surface area contributed by atoms with Crippen LogP contribution in [0.4, 0.5) is 0 Å². The molecule has 2 rings (SSSR count). The van der Waals surface area contributed by atoms with E-state index >= 15 is 0 Å². The van der Waals surface area contributed by atoms with Crippen LogP contribution in [0.2, 0.25) is 0 Å². The molecule has 1 aromatic carbocycles. The minimum absolute atomic E-state index is 0. The van der Waals surface area contributed by atoms with Gasteiger partial charge in [-0.2, -0.15) is 0 Å². The molecule has 1 aliphatic rings. The summed E-state index contributed by atoms with van der Waals surface area (Å²) in [7, 11) is 0. The first-order valence-corrected chi connectivity index (χ1v) is 3.35. The molecule has 0 N–H and O–H groups in total. The van der Waals surface area contributed by atoms with Crippen molar-refractivity contribution in [3.8, 4) is 5.75 Å². The number of hydrogen-bond acceptors (Lipinski definition) is 1. The molecule has 0 atom stereocenters. The Balaban J connectivity index is 0.000000605. The van der Waals surface area contributed by atoms with Crippen LogP contribution in [-0.4, -0.2) is 6.61 Å². The fourth-order valence-corrected chi connectivity index (χ4v) is 1.06. The van der Waals surface area contributed by atoms with Gasteiger partial charge in [-0.25, -0.2) is 0 Å². The molecule has 0 unspecified atom stereocenters. The van der Waals surface area contributed by atoms with Gasteiger partial charge in [0.15, 0.2) is 0 Å². The van der Waals surface area contributed by atoms with Crippen LogP contribution in [0, 0.1) is 0 Å². The van der Waals surface area contributed by atoms with Gasteiger partial charge in [-0.3, -0.25) is 0 Å². The fourth-order valence-electron chi connectivity index (χ4n) is 1.06. The maximum Gasteiger partial charge on any atom is 0.126 e. The summed E-state index contributed by atoms with van der Waals surface area (Å²) in [6.45, 7) is 0.705. The molecule has 0 aromatic heterocycles. The number of benzene rings is 1. The zero-order chi connectivity index (χ0) is 6.81. The third-order valence-electron chi connectivity index (χ3n) is 1.55. The summed E-state index contributed by atoms with van der Waals surface area (Å²) in [5.74, 6) is 0.991. The van der Waals surface area contributed by atoms with Gasteiger partial charge in [-0.1, -0.05) is 24.3 Å². The molecule has 0 aliphatic carbocycles. The van der Waals surface area contributed by atoms with Crippen LogP contribution in [0.15, 0.2) is 30.3 Å². The first-order chi connectivity index (χ1) is 4.97. The van der Waals surface area contributed by atoms with Crippen LogP contribution >= 0.6 is 0 Å². The largest absolute Gasteiger partial charge is 0.489 e. The van der Waals surface area contributed by atoms with Crippen molar-refractivity contribution in [2.75, 3.05) is 6.61 Å². The maximum absolute atomic E-state index is 5.34. The summed E-state index contributed by atoms with van der Waals surface area (Å²) in [5.41, 5.74) is 1.17. The van der Waals surface area contributed by atoms with E-state index in [4.69, 9.17) is 4.74 Å². The van der Waals surface area contributed by atoms with Crippen LogP contribution < -0.4 is 4.74 Å². The monoisotopic (exact) mass is 187 g/mol. The molecule has 0 saturated carbocycles. The van der Waals surface area contributed by atoms with Crippen molar-refractivity contribution < 1.29 is 21.8 Å². The van der Waals surface area contributed by atoms with E-state index in [0.717, 1.165) is 5.75 Å². The summed E-state index contributed by atoms with van der Waals surface area (Å²) >= 11 is 0. The first-order valence-electron chi connectivity index (χ1n) is 3.35.